The Labute approximate surface area is 116 Å². The van der Waals surface area contributed by atoms with Gasteiger partial charge < -0.3 is 10.6 Å². The van der Waals surface area contributed by atoms with E-state index in [9.17, 15) is 9.18 Å². The van der Waals surface area contributed by atoms with Gasteiger partial charge in [0.15, 0.2) is 0 Å². The van der Waals surface area contributed by atoms with Gasteiger partial charge >= 0.3 is 0 Å². The fourth-order valence-electron chi connectivity index (χ4n) is 1.88. The molecule has 4 nitrogen and oxygen atoms in total. The molecule has 5 heteroatoms. The van der Waals surface area contributed by atoms with Crippen molar-refractivity contribution in [2.24, 2.45) is 0 Å². The summed E-state index contributed by atoms with van der Waals surface area (Å²) >= 11 is 0. The predicted molar refractivity (Wildman–Crippen MR) is 76.8 cm³/mol. The zero-order valence-corrected chi connectivity index (χ0v) is 11.0. The number of hydrogen-bond acceptors (Lipinski definition) is 3. The van der Waals surface area contributed by atoms with Crippen LogP contribution in [0.25, 0.3) is 10.9 Å². The maximum atomic E-state index is 13.7. The fourth-order valence-corrected chi connectivity index (χ4v) is 1.88. The third kappa shape index (κ3) is 3.04. The minimum atomic E-state index is -0.383. The zero-order valence-electron chi connectivity index (χ0n) is 11.0. The molecule has 0 aliphatic rings. The van der Waals surface area contributed by atoms with Crippen molar-refractivity contribution in [3.05, 3.63) is 35.8 Å². The highest BCUT2D eigenvalue weighted by Crippen LogP contribution is 2.24. The number of anilines is 1. The monoisotopic (exact) mass is 271 g/mol. The van der Waals surface area contributed by atoms with Crippen LogP contribution in [0.3, 0.4) is 0 Å². The molecule has 0 saturated carbocycles. The van der Waals surface area contributed by atoms with Gasteiger partial charge in [-0.1, -0.05) is 18.1 Å². The van der Waals surface area contributed by atoms with Gasteiger partial charge in [-0.05, 0) is 19.1 Å². The molecule has 1 heterocycles. The summed E-state index contributed by atoms with van der Waals surface area (Å²) in [6.45, 7) is 2.03. The number of para-hydroxylation sites is 1. The topological polar surface area (TPSA) is 54.0 Å². The van der Waals surface area contributed by atoms with E-state index in [1.807, 2.05) is 0 Å². The highest BCUT2D eigenvalue weighted by Gasteiger charge is 2.08. The van der Waals surface area contributed by atoms with E-state index in [-0.39, 0.29) is 24.8 Å². The van der Waals surface area contributed by atoms with Crippen molar-refractivity contribution in [2.45, 2.75) is 6.92 Å². The maximum Gasteiger partial charge on any atom is 0.240 e. The van der Waals surface area contributed by atoms with Crippen LogP contribution in [0.2, 0.25) is 0 Å². The van der Waals surface area contributed by atoms with Crippen LogP contribution in [-0.2, 0) is 4.79 Å². The Bertz CT molecular complexity index is 691. The molecule has 1 aromatic carbocycles. The first-order chi connectivity index (χ1) is 9.61. The molecule has 0 aliphatic carbocycles. The Morgan fingerprint density at radius 2 is 2.30 bits per heavy atom. The summed E-state index contributed by atoms with van der Waals surface area (Å²) in [4.78, 5) is 15.7. The van der Waals surface area contributed by atoms with Gasteiger partial charge in [0.1, 0.15) is 11.3 Å². The summed E-state index contributed by atoms with van der Waals surface area (Å²) in [6, 6.07) is 6.50. The van der Waals surface area contributed by atoms with E-state index in [4.69, 9.17) is 6.42 Å². The van der Waals surface area contributed by atoms with Gasteiger partial charge in [-0.15, -0.1) is 6.42 Å². The SMILES string of the molecule is C#CCNC(=O)CNc1cc(C)nc2c(F)cccc12. The Hall–Kier alpha value is -2.61. The van der Waals surface area contributed by atoms with Crippen molar-refractivity contribution in [3.63, 3.8) is 0 Å². The van der Waals surface area contributed by atoms with Gasteiger partial charge in [-0.2, -0.15) is 0 Å². The zero-order chi connectivity index (χ0) is 14.5. The molecular weight excluding hydrogens is 257 g/mol. The van der Waals surface area contributed by atoms with Crippen molar-refractivity contribution < 1.29 is 9.18 Å². The minimum Gasteiger partial charge on any atom is -0.376 e. The number of nitrogens with one attached hydrogen (secondary N) is 2. The third-order valence-electron chi connectivity index (χ3n) is 2.75. The molecule has 2 aromatic rings. The predicted octanol–water partition coefficient (Wildman–Crippen LogP) is 1.84. The summed E-state index contributed by atoms with van der Waals surface area (Å²) in [6.07, 6.45) is 5.06. The van der Waals surface area contributed by atoms with Crippen LogP contribution in [0, 0.1) is 25.1 Å². The Kier molecular flexibility index (Phi) is 4.16. The van der Waals surface area contributed by atoms with Gasteiger partial charge in [0.2, 0.25) is 5.91 Å². The molecule has 0 unspecified atom stereocenters. The summed E-state index contributed by atoms with van der Waals surface area (Å²) < 4.78 is 13.7. The number of carbonyl (C=O) groups excluding carboxylic acids is 1. The first-order valence-electron chi connectivity index (χ1n) is 6.11. The standard InChI is InChI=1S/C15H14FN3O/c1-3-7-17-14(20)9-18-13-8-10(2)19-15-11(13)5-4-6-12(15)16/h1,4-6,8H,7,9H2,2H3,(H,17,20)(H,18,19). The van der Waals surface area contributed by atoms with E-state index in [1.165, 1.54) is 6.07 Å². The van der Waals surface area contributed by atoms with E-state index < -0.39 is 0 Å². The number of fused-ring (bicyclic) bond motifs is 1. The van der Waals surface area contributed by atoms with Crippen molar-refractivity contribution in [1.82, 2.24) is 10.3 Å². The molecule has 0 spiro atoms. The molecule has 0 saturated heterocycles. The minimum absolute atomic E-state index is 0.0662. The fraction of sp³-hybridized carbons (Fsp3) is 0.200. The summed E-state index contributed by atoms with van der Waals surface area (Å²) in [5.41, 5.74) is 1.64. The number of halogens is 1. The van der Waals surface area contributed by atoms with Gasteiger partial charge in [-0.25, -0.2) is 9.37 Å². The van der Waals surface area contributed by atoms with Gasteiger partial charge in [0, 0.05) is 16.8 Å². The smallest absolute Gasteiger partial charge is 0.240 e. The highest BCUT2D eigenvalue weighted by atomic mass is 19.1. The molecule has 0 atom stereocenters. The molecule has 2 rings (SSSR count). The highest BCUT2D eigenvalue weighted by molar-refractivity contribution is 5.93. The molecular formula is C15H14FN3O. The molecule has 0 bridgehead atoms. The quantitative estimate of drug-likeness (QED) is 0.834. The van der Waals surface area contributed by atoms with Crippen LogP contribution in [0.15, 0.2) is 24.3 Å². The number of rotatable bonds is 4. The molecule has 0 radical (unpaired) electrons. The molecule has 0 aliphatic heterocycles. The first-order valence-corrected chi connectivity index (χ1v) is 6.11. The third-order valence-corrected chi connectivity index (χ3v) is 2.75. The number of aromatic nitrogens is 1. The number of carbonyl (C=O) groups is 1. The summed E-state index contributed by atoms with van der Waals surface area (Å²) in [7, 11) is 0. The average Bonchev–Trinajstić information content (AvgIpc) is 2.43. The number of terminal acetylenes is 1. The lowest BCUT2D eigenvalue weighted by molar-refractivity contribution is -0.119. The van der Waals surface area contributed by atoms with Crippen LogP contribution >= 0.6 is 0 Å². The van der Waals surface area contributed by atoms with E-state index in [0.717, 1.165) is 0 Å². The number of aryl methyl sites for hydroxylation is 1. The maximum absolute atomic E-state index is 13.7. The Morgan fingerprint density at radius 3 is 3.05 bits per heavy atom. The molecule has 102 valence electrons. The van der Waals surface area contributed by atoms with E-state index in [0.29, 0.717) is 22.3 Å². The normalized spacial score (nSPS) is 10.1. The largest absolute Gasteiger partial charge is 0.376 e. The van der Waals surface area contributed by atoms with Crippen molar-refractivity contribution >= 4 is 22.5 Å². The van der Waals surface area contributed by atoms with E-state index in [2.05, 4.69) is 21.5 Å². The lowest BCUT2D eigenvalue weighted by Gasteiger charge is -2.10. The first kappa shape index (κ1) is 13.8. The molecule has 0 fully saturated rings. The number of hydrogen-bond donors (Lipinski definition) is 2. The van der Waals surface area contributed by atoms with E-state index >= 15 is 0 Å². The number of nitrogens with zero attached hydrogens (tertiary/aromatic N) is 1. The second-order valence-corrected chi connectivity index (χ2v) is 4.28. The Morgan fingerprint density at radius 1 is 1.50 bits per heavy atom. The van der Waals surface area contributed by atoms with Gasteiger partial charge in [-0.3, -0.25) is 4.79 Å². The number of pyridine rings is 1. The van der Waals surface area contributed by atoms with Gasteiger partial charge in [0.25, 0.3) is 0 Å². The molecule has 1 amide bonds. The second kappa shape index (κ2) is 6.02. The summed E-state index contributed by atoms with van der Waals surface area (Å²) in [5.74, 6) is 1.72. The lowest BCUT2D eigenvalue weighted by atomic mass is 10.1. The van der Waals surface area contributed by atoms with E-state index in [1.54, 1.807) is 25.1 Å². The van der Waals surface area contributed by atoms with Crippen LogP contribution in [0.4, 0.5) is 10.1 Å². The number of amides is 1. The van der Waals surface area contributed by atoms with Crippen LogP contribution in [-0.4, -0.2) is 24.0 Å². The lowest BCUT2D eigenvalue weighted by Crippen LogP contribution is -2.30. The molecule has 20 heavy (non-hydrogen) atoms. The van der Waals surface area contributed by atoms with Gasteiger partial charge in [0.05, 0.1) is 13.1 Å². The van der Waals surface area contributed by atoms with Crippen LogP contribution in [0.5, 0.6) is 0 Å². The second-order valence-electron chi connectivity index (χ2n) is 4.28. The number of benzene rings is 1. The average molecular weight is 271 g/mol. The Balaban J connectivity index is 2.24. The summed E-state index contributed by atoms with van der Waals surface area (Å²) in [5, 5.41) is 6.17. The molecule has 2 N–H and O–H groups in total. The van der Waals surface area contributed by atoms with Crippen LogP contribution in [0.1, 0.15) is 5.69 Å². The van der Waals surface area contributed by atoms with Crippen LogP contribution < -0.4 is 10.6 Å². The van der Waals surface area contributed by atoms with Crippen molar-refractivity contribution in [3.8, 4) is 12.3 Å². The molecule has 1 aromatic heterocycles. The van der Waals surface area contributed by atoms with Crippen molar-refractivity contribution in [2.75, 3.05) is 18.4 Å². The van der Waals surface area contributed by atoms with Crippen molar-refractivity contribution in [1.29, 1.82) is 0 Å².